The highest BCUT2D eigenvalue weighted by atomic mass is 19.1. The second-order valence-electron chi connectivity index (χ2n) is 3.97. The summed E-state index contributed by atoms with van der Waals surface area (Å²) in [7, 11) is 1.25. The van der Waals surface area contributed by atoms with E-state index >= 15 is 0 Å². The molecule has 0 spiro atoms. The van der Waals surface area contributed by atoms with Crippen LogP contribution in [-0.4, -0.2) is 19.0 Å². The molecule has 2 rings (SSSR count). The minimum absolute atomic E-state index is 0.0906. The number of ether oxygens (including phenoxy) is 1. The molecule has 0 aromatic heterocycles. The lowest BCUT2D eigenvalue weighted by molar-refractivity contribution is 0.0602. The molecule has 5 heteroatoms. The highest BCUT2D eigenvalue weighted by molar-refractivity contribution is 6.08. The van der Waals surface area contributed by atoms with Crippen molar-refractivity contribution >= 4 is 17.6 Å². The van der Waals surface area contributed by atoms with Gasteiger partial charge in [-0.05, 0) is 24.3 Å². The summed E-state index contributed by atoms with van der Waals surface area (Å²) in [5.41, 5.74) is 0.388. The van der Waals surface area contributed by atoms with Crippen LogP contribution in [0.1, 0.15) is 20.7 Å². The van der Waals surface area contributed by atoms with E-state index in [9.17, 15) is 14.0 Å². The molecule has 0 bridgehead atoms. The van der Waals surface area contributed by atoms with Gasteiger partial charge in [0, 0.05) is 0 Å². The summed E-state index contributed by atoms with van der Waals surface area (Å²) in [6.07, 6.45) is 0. The van der Waals surface area contributed by atoms with Crippen LogP contribution in [0.15, 0.2) is 48.5 Å². The number of esters is 1. The van der Waals surface area contributed by atoms with Crippen molar-refractivity contribution in [2.75, 3.05) is 12.4 Å². The quantitative estimate of drug-likeness (QED) is 0.875. The van der Waals surface area contributed by atoms with Gasteiger partial charge in [0.1, 0.15) is 5.82 Å². The lowest BCUT2D eigenvalue weighted by Gasteiger charge is -2.09. The Morgan fingerprint density at radius 1 is 1.00 bits per heavy atom. The molecule has 20 heavy (non-hydrogen) atoms. The SMILES string of the molecule is COC(=O)c1ccccc1NC(=O)c1ccccc1F. The van der Waals surface area contributed by atoms with Crippen LogP contribution in [0.5, 0.6) is 0 Å². The van der Waals surface area contributed by atoms with Crippen LogP contribution in [-0.2, 0) is 4.74 Å². The molecule has 2 aromatic rings. The van der Waals surface area contributed by atoms with Gasteiger partial charge in [-0.15, -0.1) is 0 Å². The summed E-state index contributed by atoms with van der Waals surface area (Å²) in [6.45, 7) is 0. The maximum atomic E-state index is 13.5. The largest absolute Gasteiger partial charge is 0.465 e. The van der Waals surface area contributed by atoms with Gasteiger partial charge < -0.3 is 10.1 Å². The lowest BCUT2D eigenvalue weighted by atomic mass is 10.1. The van der Waals surface area contributed by atoms with E-state index in [1.807, 2.05) is 0 Å². The first-order valence-electron chi connectivity index (χ1n) is 5.86. The van der Waals surface area contributed by atoms with Gasteiger partial charge in [0.15, 0.2) is 0 Å². The standard InChI is InChI=1S/C15H12FNO3/c1-20-15(19)11-7-3-5-9-13(11)17-14(18)10-6-2-4-8-12(10)16/h2-9H,1H3,(H,17,18). The number of carbonyl (C=O) groups excluding carboxylic acids is 2. The van der Waals surface area contributed by atoms with Crippen LogP contribution in [0, 0.1) is 5.82 Å². The number of nitrogens with one attached hydrogen (secondary N) is 1. The average Bonchev–Trinajstić information content (AvgIpc) is 2.47. The minimum Gasteiger partial charge on any atom is -0.465 e. The molecule has 0 aliphatic heterocycles. The first-order valence-corrected chi connectivity index (χ1v) is 5.86. The number of halogens is 1. The average molecular weight is 273 g/mol. The van der Waals surface area contributed by atoms with Gasteiger partial charge in [-0.2, -0.15) is 0 Å². The van der Waals surface area contributed by atoms with Gasteiger partial charge in [0.25, 0.3) is 5.91 Å². The fraction of sp³-hybridized carbons (Fsp3) is 0.0667. The second kappa shape index (κ2) is 5.97. The van der Waals surface area contributed by atoms with Crippen molar-refractivity contribution in [2.45, 2.75) is 0 Å². The van der Waals surface area contributed by atoms with Crippen molar-refractivity contribution in [1.82, 2.24) is 0 Å². The van der Waals surface area contributed by atoms with Crippen molar-refractivity contribution in [1.29, 1.82) is 0 Å². The summed E-state index contributed by atoms with van der Waals surface area (Å²) < 4.78 is 18.1. The van der Waals surface area contributed by atoms with E-state index in [1.165, 1.54) is 31.4 Å². The molecule has 0 atom stereocenters. The number of hydrogen-bond acceptors (Lipinski definition) is 3. The molecule has 1 amide bonds. The Balaban J connectivity index is 2.29. The molecule has 0 heterocycles. The summed E-state index contributed by atoms with van der Waals surface area (Å²) in [5, 5.41) is 2.50. The van der Waals surface area contributed by atoms with Crippen LogP contribution in [0.3, 0.4) is 0 Å². The third-order valence-electron chi connectivity index (χ3n) is 2.70. The fourth-order valence-electron chi connectivity index (χ4n) is 1.72. The van der Waals surface area contributed by atoms with E-state index in [4.69, 9.17) is 0 Å². The Bertz CT molecular complexity index is 655. The van der Waals surface area contributed by atoms with Crippen molar-refractivity contribution in [3.05, 3.63) is 65.5 Å². The number of amides is 1. The van der Waals surface area contributed by atoms with Crippen LogP contribution in [0.25, 0.3) is 0 Å². The Morgan fingerprint density at radius 2 is 1.60 bits per heavy atom. The highest BCUT2D eigenvalue weighted by Gasteiger charge is 2.16. The van der Waals surface area contributed by atoms with Crippen molar-refractivity contribution in [3.63, 3.8) is 0 Å². The zero-order valence-corrected chi connectivity index (χ0v) is 10.7. The van der Waals surface area contributed by atoms with Gasteiger partial charge in [-0.3, -0.25) is 4.79 Å². The van der Waals surface area contributed by atoms with E-state index in [-0.39, 0.29) is 16.8 Å². The minimum atomic E-state index is -0.626. The summed E-state index contributed by atoms with van der Waals surface area (Å²) in [4.78, 5) is 23.6. The van der Waals surface area contributed by atoms with Crippen molar-refractivity contribution in [2.24, 2.45) is 0 Å². The maximum absolute atomic E-state index is 13.5. The first kappa shape index (κ1) is 13.7. The van der Waals surface area contributed by atoms with Crippen LogP contribution in [0.2, 0.25) is 0 Å². The number of para-hydroxylation sites is 1. The van der Waals surface area contributed by atoms with Gasteiger partial charge in [-0.1, -0.05) is 24.3 Å². The summed E-state index contributed by atoms with van der Waals surface area (Å²) in [5.74, 6) is -1.82. The smallest absolute Gasteiger partial charge is 0.339 e. The van der Waals surface area contributed by atoms with E-state index in [1.54, 1.807) is 24.3 Å². The highest BCUT2D eigenvalue weighted by Crippen LogP contribution is 2.18. The van der Waals surface area contributed by atoms with Crippen molar-refractivity contribution < 1.29 is 18.7 Å². The Hall–Kier alpha value is -2.69. The zero-order chi connectivity index (χ0) is 14.5. The van der Waals surface area contributed by atoms with Gasteiger partial charge in [0.05, 0.1) is 23.9 Å². The number of hydrogen-bond donors (Lipinski definition) is 1. The van der Waals surface area contributed by atoms with Crippen LogP contribution < -0.4 is 5.32 Å². The zero-order valence-electron chi connectivity index (χ0n) is 10.7. The molecule has 0 unspecified atom stereocenters. The summed E-state index contributed by atoms with van der Waals surface area (Å²) >= 11 is 0. The molecule has 0 saturated carbocycles. The van der Waals surface area contributed by atoms with Gasteiger partial charge >= 0.3 is 5.97 Å². The van der Waals surface area contributed by atoms with Gasteiger partial charge in [-0.25, -0.2) is 9.18 Å². The first-order chi connectivity index (χ1) is 9.63. The normalized spacial score (nSPS) is 9.90. The topological polar surface area (TPSA) is 55.4 Å². The Morgan fingerprint density at radius 3 is 2.25 bits per heavy atom. The van der Waals surface area contributed by atoms with Crippen LogP contribution in [0.4, 0.5) is 10.1 Å². The van der Waals surface area contributed by atoms with E-state index < -0.39 is 17.7 Å². The number of benzene rings is 2. The van der Waals surface area contributed by atoms with E-state index in [0.717, 1.165) is 0 Å². The molecule has 0 saturated heterocycles. The van der Waals surface area contributed by atoms with E-state index in [0.29, 0.717) is 0 Å². The molecule has 1 N–H and O–H groups in total. The molecule has 0 aliphatic carbocycles. The number of carbonyl (C=O) groups is 2. The lowest BCUT2D eigenvalue weighted by Crippen LogP contribution is -2.16. The molecule has 4 nitrogen and oxygen atoms in total. The Labute approximate surface area is 115 Å². The molecule has 102 valence electrons. The summed E-state index contributed by atoms with van der Waals surface area (Å²) in [6, 6.07) is 12.0. The van der Waals surface area contributed by atoms with E-state index in [2.05, 4.69) is 10.1 Å². The molecule has 0 radical (unpaired) electrons. The number of rotatable bonds is 3. The Kier molecular flexibility index (Phi) is 4.10. The maximum Gasteiger partial charge on any atom is 0.339 e. The fourth-order valence-corrected chi connectivity index (χ4v) is 1.72. The monoisotopic (exact) mass is 273 g/mol. The molecular formula is C15H12FNO3. The third-order valence-corrected chi connectivity index (χ3v) is 2.70. The molecule has 0 aliphatic rings. The molecule has 0 fully saturated rings. The van der Waals surface area contributed by atoms with Gasteiger partial charge in [0.2, 0.25) is 0 Å². The molecular weight excluding hydrogens is 261 g/mol. The third kappa shape index (κ3) is 2.83. The number of anilines is 1. The van der Waals surface area contributed by atoms with Crippen LogP contribution >= 0.6 is 0 Å². The van der Waals surface area contributed by atoms with Crippen molar-refractivity contribution in [3.8, 4) is 0 Å². The number of methoxy groups -OCH3 is 1. The second-order valence-corrected chi connectivity index (χ2v) is 3.97. The molecule has 2 aromatic carbocycles. The predicted molar refractivity (Wildman–Crippen MR) is 72.1 cm³/mol. The predicted octanol–water partition coefficient (Wildman–Crippen LogP) is 2.86.